The van der Waals surface area contributed by atoms with Crippen LogP contribution in [0.15, 0.2) is 18.2 Å². The molecule has 1 aromatic carbocycles. The minimum Gasteiger partial charge on any atom is -0.392 e. The quantitative estimate of drug-likeness (QED) is 0.853. The molecule has 1 aromatic rings. The topological polar surface area (TPSA) is 23.5 Å². The maximum absolute atomic E-state index is 13.2. The molecule has 114 valence electrons. The fourth-order valence-corrected chi connectivity index (χ4v) is 2.09. The number of alkyl halides is 3. The van der Waals surface area contributed by atoms with Gasteiger partial charge >= 0.3 is 6.18 Å². The van der Waals surface area contributed by atoms with E-state index in [4.69, 9.17) is 5.11 Å². The zero-order valence-electron chi connectivity index (χ0n) is 12.2. The lowest BCUT2D eigenvalue weighted by Crippen LogP contribution is -2.30. The van der Waals surface area contributed by atoms with E-state index in [0.717, 1.165) is 12.5 Å². The van der Waals surface area contributed by atoms with Crippen LogP contribution in [-0.4, -0.2) is 18.2 Å². The Hall–Kier alpha value is -1.23. The van der Waals surface area contributed by atoms with Gasteiger partial charge in [-0.2, -0.15) is 13.2 Å². The third kappa shape index (κ3) is 4.13. The molecule has 0 aliphatic carbocycles. The summed E-state index contributed by atoms with van der Waals surface area (Å²) < 4.78 is 39.5. The molecule has 5 heteroatoms. The van der Waals surface area contributed by atoms with E-state index in [-0.39, 0.29) is 17.9 Å². The minimum atomic E-state index is -4.41. The maximum Gasteiger partial charge on any atom is 0.418 e. The largest absolute Gasteiger partial charge is 0.418 e. The van der Waals surface area contributed by atoms with Crippen LogP contribution in [0.3, 0.4) is 0 Å². The number of benzene rings is 1. The fraction of sp³-hybridized carbons (Fsp3) is 0.600. The van der Waals surface area contributed by atoms with E-state index in [1.165, 1.54) is 6.07 Å². The van der Waals surface area contributed by atoms with Crippen molar-refractivity contribution in [2.45, 2.75) is 40.0 Å². The molecule has 0 aliphatic heterocycles. The zero-order valence-corrected chi connectivity index (χ0v) is 12.2. The van der Waals surface area contributed by atoms with Crippen LogP contribution >= 0.6 is 0 Å². The second-order valence-corrected chi connectivity index (χ2v) is 5.06. The van der Waals surface area contributed by atoms with Gasteiger partial charge in [0.15, 0.2) is 0 Å². The summed E-state index contributed by atoms with van der Waals surface area (Å²) in [4.78, 5) is 1.75. The van der Waals surface area contributed by atoms with Gasteiger partial charge in [0.1, 0.15) is 0 Å². The Kier molecular flexibility index (Phi) is 5.87. The van der Waals surface area contributed by atoms with Crippen molar-refractivity contribution in [2.75, 3.05) is 18.0 Å². The van der Waals surface area contributed by atoms with E-state index in [9.17, 15) is 13.2 Å². The molecule has 1 unspecified atom stereocenters. The van der Waals surface area contributed by atoms with Crippen molar-refractivity contribution < 1.29 is 18.3 Å². The maximum atomic E-state index is 13.2. The van der Waals surface area contributed by atoms with Crippen molar-refractivity contribution in [1.29, 1.82) is 0 Å². The lowest BCUT2D eigenvalue weighted by Gasteiger charge is -2.29. The van der Waals surface area contributed by atoms with Crippen LogP contribution in [0.1, 0.15) is 38.3 Å². The van der Waals surface area contributed by atoms with E-state index in [2.05, 4.69) is 0 Å². The molecule has 0 aromatic heterocycles. The Balaban J connectivity index is 3.20. The Labute approximate surface area is 118 Å². The molecule has 20 heavy (non-hydrogen) atoms. The van der Waals surface area contributed by atoms with E-state index in [1.54, 1.807) is 11.0 Å². The number of anilines is 1. The number of aliphatic hydroxyl groups is 1. The van der Waals surface area contributed by atoms with Gasteiger partial charge in [-0.25, -0.2) is 0 Å². The number of halogens is 3. The highest BCUT2D eigenvalue weighted by molar-refractivity contribution is 5.56. The van der Waals surface area contributed by atoms with Gasteiger partial charge < -0.3 is 10.0 Å². The summed E-state index contributed by atoms with van der Waals surface area (Å²) in [5.74, 6) is 0.327. The van der Waals surface area contributed by atoms with Crippen LogP contribution < -0.4 is 4.90 Å². The lowest BCUT2D eigenvalue weighted by atomic mass is 10.0. The van der Waals surface area contributed by atoms with Crippen LogP contribution in [-0.2, 0) is 12.8 Å². The minimum absolute atomic E-state index is 0.192. The Morgan fingerprint density at radius 1 is 1.25 bits per heavy atom. The summed E-state index contributed by atoms with van der Waals surface area (Å²) in [6.45, 7) is 6.62. The van der Waals surface area contributed by atoms with Crippen molar-refractivity contribution in [2.24, 2.45) is 5.92 Å². The summed E-state index contributed by atoms with van der Waals surface area (Å²) in [5.41, 5.74) is -0.202. The molecule has 0 radical (unpaired) electrons. The van der Waals surface area contributed by atoms with E-state index in [1.807, 2.05) is 20.8 Å². The van der Waals surface area contributed by atoms with Gasteiger partial charge in [0.2, 0.25) is 0 Å². The molecule has 0 fully saturated rings. The second kappa shape index (κ2) is 6.97. The summed E-state index contributed by atoms with van der Waals surface area (Å²) in [6, 6.07) is 4.04. The first-order valence-electron chi connectivity index (χ1n) is 6.89. The van der Waals surface area contributed by atoms with E-state index >= 15 is 0 Å². The highest BCUT2D eigenvalue weighted by Gasteiger charge is 2.35. The molecular formula is C15H22F3NO. The summed E-state index contributed by atoms with van der Waals surface area (Å²) >= 11 is 0. The standard InChI is InChI=1S/C15H22F3NO/c1-4-11(3)9-19(5-2)14-7-6-12(10-20)8-13(14)15(16,17)18/h6-8,11,20H,4-5,9-10H2,1-3H3. The average molecular weight is 289 g/mol. The predicted molar refractivity (Wildman–Crippen MR) is 74.7 cm³/mol. The van der Waals surface area contributed by atoms with E-state index < -0.39 is 11.7 Å². The van der Waals surface area contributed by atoms with Crippen LogP contribution in [0.4, 0.5) is 18.9 Å². The predicted octanol–water partition coefficient (Wildman–Crippen LogP) is 4.07. The highest BCUT2D eigenvalue weighted by Crippen LogP contribution is 2.37. The van der Waals surface area contributed by atoms with Gasteiger partial charge in [-0.1, -0.05) is 26.3 Å². The molecule has 0 heterocycles. The molecule has 2 nitrogen and oxygen atoms in total. The molecule has 1 N–H and O–H groups in total. The average Bonchev–Trinajstić information content (AvgIpc) is 2.42. The Bertz CT molecular complexity index is 432. The monoisotopic (exact) mass is 289 g/mol. The molecule has 0 amide bonds. The smallest absolute Gasteiger partial charge is 0.392 e. The molecule has 1 atom stereocenters. The third-order valence-corrected chi connectivity index (χ3v) is 3.50. The Morgan fingerprint density at radius 3 is 2.35 bits per heavy atom. The van der Waals surface area contributed by atoms with Crippen molar-refractivity contribution in [1.82, 2.24) is 0 Å². The first kappa shape index (κ1) is 16.8. The molecule has 0 aliphatic rings. The van der Waals surface area contributed by atoms with E-state index in [0.29, 0.717) is 19.0 Å². The number of nitrogens with zero attached hydrogens (tertiary/aromatic N) is 1. The summed E-state index contributed by atoms with van der Waals surface area (Å²) in [7, 11) is 0. The number of hydrogen-bond acceptors (Lipinski definition) is 2. The molecule has 1 rings (SSSR count). The fourth-order valence-electron chi connectivity index (χ4n) is 2.09. The van der Waals surface area contributed by atoms with Crippen molar-refractivity contribution in [3.05, 3.63) is 29.3 Å². The van der Waals surface area contributed by atoms with Gasteiger partial charge in [-0.3, -0.25) is 0 Å². The zero-order chi connectivity index (χ0) is 15.3. The third-order valence-electron chi connectivity index (χ3n) is 3.50. The number of aliphatic hydroxyl groups excluding tert-OH is 1. The molecule has 0 saturated carbocycles. The van der Waals surface area contributed by atoms with Crippen molar-refractivity contribution >= 4 is 5.69 Å². The second-order valence-electron chi connectivity index (χ2n) is 5.06. The van der Waals surface area contributed by atoms with Gasteiger partial charge in [0.25, 0.3) is 0 Å². The van der Waals surface area contributed by atoms with Crippen molar-refractivity contribution in [3.8, 4) is 0 Å². The molecule has 0 saturated heterocycles. The van der Waals surface area contributed by atoms with Crippen LogP contribution in [0, 0.1) is 5.92 Å². The van der Waals surface area contributed by atoms with Crippen molar-refractivity contribution in [3.63, 3.8) is 0 Å². The van der Waals surface area contributed by atoms with Crippen LogP contribution in [0.5, 0.6) is 0 Å². The highest BCUT2D eigenvalue weighted by atomic mass is 19.4. The molecule has 0 bridgehead atoms. The Morgan fingerprint density at radius 2 is 1.90 bits per heavy atom. The van der Waals surface area contributed by atoms with Gasteiger partial charge in [-0.05, 0) is 30.5 Å². The number of rotatable bonds is 6. The molecular weight excluding hydrogens is 267 g/mol. The van der Waals surface area contributed by atoms with Gasteiger partial charge in [-0.15, -0.1) is 0 Å². The lowest BCUT2D eigenvalue weighted by molar-refractivity contribution is -0.137. The summed E-state index contributed by atoms with van der Waals surface area (Å²) in [5, 5.41) is 9.02. The molecule has 0 spiro atoms. The first-order chi connectivity index (χ1) is 9.33. The normalized spacial score (nSPS) is 13.3. The van der Waals surface area contributed by atoms with Crippen LogP contribution in [0.2, 0.25) is 0 Å². The van der Waals surface area contributed by atoms with Gasteiger partial charge in [0.05, 0.1) is 12.2 Å². The SMILES string of the molecule is CCC(C)CN(CC)c1ccc(CO)cc1C(F)(F)F. The summed E-state index contributed by atoms with van der Waals surface area (Å²) in [6.07, 6.45) is -3.49. The number of hydrogen-bond donors (Lipinski definition) is 1. The first-order valence-corrected chi connectivity index (χ1v) is 6.89. The van der Waals surface area contributed by atoms with Crippen LogP contribution in [0.25, 0.3) is 0 Å². The van der Waals surface area contributed by atoms with Gasteiger partial charge in [0, 0.05) is 18.8 Å².